The highest BCUT2D eigenvalue weighted by Crippen LogP contribution is 2.18. The molecule has 1 aromatic carbocycles. The topological polar surface area (TPSA) is 61.8 Å². The molecule has 0 heterocycles. The SMILES string of the molecule is CCCCOC(=O)OCC(C)(C)COC(=O)c1ccc(CCC)cc1. The highest BCUT2D eigenvalue weighted by atomic mass is 16.7. The van der Waals surface area contributed by atoms with E-state index in [4.69, 9.17) is 14.2 Å². The van der Waals surface area contributed by atoms with E-state index in [2.05, 4.69) is 6.92 Å². The van der Waals surface area contributed by atoms with Gasteiger partial charge in [0.05, 0.1) is 18.8 Å². The van der Waals surface area contributed by atoms with Crippen LogP contribution in [0.15, 0.2) is 24.3 Å². The molecule has 0 amide bonds. The molecule has 0 aliphatic carbocycles. The second-order valence-electron chi connectivity index (χ2n) is 6.93. The molecule has 0 bridgehead atoms. The molecular formula is C20H30O5. The monoisotopic (exact) mass is 350 g/mol. The minimum absolute atomic E-state index is 0.126. The molecule has 1 rings (SSSR count). The van der Waals surface area contributed by atoms with Crippen molar-refractivity contribution in [2.24, 2.45) is 5.41 Å². The Bertz CT molecular complexity index is 534. The first kappa shape index (κ1) is 21.0. The van der Waals surface area contributed by atoms with E-state index >= 15 is 0 Å². The summed E-state index contributed by atoms with van der Waals surface area (Å²) >= 11 is 0. The zero-order chi connectivity index (χ0) is 18.7. The van der Waals surface area contributed by atoms with Crippen molar-refractivity contribution < 1.29 is 23.8 Å². The maximum atomic E-state index is 12.1. The average Bonchev–Trinajstić information content (AvgIpc) is 2.59. The Morgan fingerprint density at radius 1 is 0.920 bits per heavy atom. The van der Waals surface area contributed by atoms with Crippen molar-refractivity contribution in [1.29, 1.82) is 0 Å². The lowest BCUT2D eigenvalue weighted by atomic mass is 9.96. The van der Waals surface area contributed by atoms with E-state index in [1.54, 1.807) is 12.1 Å². The van der Waals surface area contributed by atoms with Gasteiger partial charge in [-0.25, -0.2) is 9.59 Å². The second kappa shape index (κ2) is 10.7. The van der Waals surface area contributed by atoms with E-state index in [1.165, 1.54) is 5.56 Å². The molecule has 0 aliphatic heterocycles. The van der Waals surface area contributed by atoms with Gasteiger partial charge in [-0.2, -0.15) is 0 Å². The van der Waals surface area contributed by atoms with Crippen LogP contribution in [0.3, 0.4) is 0 Å². The minimum Gasteiger partial charge on any atom is -0.461 e. The number of unbranched alkanes of at least 4 members (excludes halogenated alkanes) is 1. The Labute approximate surface area is 150 Å². The number of esters is 1. The first-order chi connectivity index (χ1) is 11.9. The average molecular weight is 350 g/mol. The smallest absolute Gasteiger partial charge is 0.461 e. The summed E-state index contributed by atoms with van der Waals surface area (Å²) in [6, 6.07) is 7.45. The first-order valence-electron chi connectivity index (χ1n) is 8.93. The lowest BCUT2D eigenvalue weighted by molar-refractivity contribution is -0.000781. The van der Waals surface area contributed by atoms with E-state index in [1.807, 2.05) is 32.9 Å². The molecule has 0 saturated heterocycles. The fourth-order valence-corrected chi connectivity index (χ4v) is 2.08. The molecule has 5 nitrogen and oxygen atoms in total. The van der Waals surface area contributed by atoms with Gasteiger partial charge in [0.25, 0.3) is 0 Å². The van der Waals surface area contributed by atoms with E-state index < -0.39 is 11.6 Å². The van der Waals surface area contributed by atoms with Crippen LogP contribution < -0.4 is 0 Å². The number of benzene rings is 1. The fraction of sp³-hybridized carbons (Fsp3) is 0.600. The largest absolute Gasteiger partial charge is 0.508 e. The van der Waals surface area contributed by atoms with Crippen LogP contribution in [-0.2, 0) is 20.6 Å². The third kappa shape index (κ3) is 8.57. The standard InChI is InChI=1S/C20H30O5/c1-5-7-13-23-19(22)25-15-20(3,4)14-24-18(21)17-11-9-16(8-6-2)10-12-17/h9-12H,5-8,13-15H2,1-4H3. The van der Waals surface area contributed by atoms with Gasteiger partial charge in [0.2, 0.25) is 0 Å². The summed E-state index contributed by atoms with van der Waals surface area (Å²) in [6.07, 6.45) is 3.15. The van der Waals surface area contributed by atoms with Gasteiger partial charge in [0, 0.05) is 5.41 Å². The Morgan fingerprint density at radius 3 is 2.16 bits per heavy atom. The zero-order valence-electron chi connectivity index (χ0n) is 15.8. The maximum Gasteiger partial charge on any atom is 0.508 e. The first-order valence-corrected chi connectivity index (χ1v) is 8.93. The Hall–Kier alpha value is -2.04. The van der Waals surface area contributed by atoms with Gasteiger partial charge in [0.15, 0.2) is 0 Å². The summed E-state index contributed by atoms with van der Waals surface area (Å²) in [5.41, 5.74) is 1.24. The van der Waals surface area contributed by atoms with Crippen molar-refractivity contribution in [1.82, 2.24) is 0 Å². The molecule has 140 valence electrons. The summed E-state index contributed by atoms with van der Waals surface area (Å²) in [7, 11) is 0. The van der Waals surface area contributed by atoms with Crippen molar-refractivity contribution in [2.45, 2.75) is 53.4 Å². The lowest BCUT2D eigenvalue weighted by Crippen LogP contribution is -2.29. The van der Waals surface area contributed by atoms with Crippen LogP contribution in [0.25, 0.3) is 0 Å². The number of carbonyl (C=O) groups excluding carboxylic acids is 2. The van der Waals surface area contributed by atoms with Crippen molar-refractivity contribution >= 4 is 12.1 Å². The van der Waals surface area contributed by atoms with Gasteiger partial charge in [-0.1, -0.05) is 52.7 Å². The predicted octanol–water partition coefficient (Wildman–Crippen LogP) is 4.78. The third-order valence-electron chi connectivity index (χ3n) is 3.62. The maximum absolute atomic E-state index is 12.1. The highest BCUT2D eigenvalue weighted by molar-refractivity contribution is 5.89. The number of aryl methyl sites for hydroxylation is 1. The number of rotatable bonds is 10. The molecule has 1 aromatic rings. The summed E-state index contributed by atoms with van der Waals surface area (Å²) in [5.74, 6) is -0.373. The Morgan fingerprint density at radius 2 is 1.56 bits per heavy atom. The normalized spacial score (nSPS) is 11.0. The Kier molecular flexibility index (Phi) is 9.03. The van der Waals surface area contributed by atoms with Gasteiger partial charge >= 0.3 is 12.1 Å². The summed E-state index contributed by atoms with van der Waals surface area (Å²) < 4.78 is 15.4. The minimum atomic E-state index is -0.681. The van der Waals surface area contributed by atoms with E-state index in [0.29, 0.717) is 12.2 Å². The number of hydrogen-bond acceptors (Lipinski definition) is 5. The molecule has 0 radical (unpaired) electrons. The van der Waals surface area contributed by atoms with Gasteiger partial charge in [-0.05, 0) is 30.5 Å². The number of ether oxygens (including phenoxy) is 3. The predicted molar refractivity (Wildman–Crippen MR) is 96.7 cm³/mol. The molecule has 0 aromatic heterocycles. The fourth-order valence-electron chi connectivity index (χ4n) is 2.08. The summed E-state index contributed by atoms with van der Waals surface area (Å²) in [5, 5.41) is 0. The summed E-state index contributed by atoms with van der Waals surface area (Å²) in [4.78, 5) is 23.6. The number of carbonyl (C=O) groups is 2. The molecule has 25 heavy (non-hydrogen) atoms. The van der Waals surface area contributed by atoms with E-state index in [9.17, 15) is 9.59 Å². The Balaban J connectivity index is 2.38. The van der Waals surface area contributed by atoms with Crippen molar-refractivity contribution in [2.75, 3.05) is 19.8 Å². The van der Waals surface area contributed by atoms with Gasteiger partial charge in [-0.3, -0.25) is 0 Å². The van der Waals surface area contributed by atoms with Crippen molar-refractivity contribution in [3.05, 3.63) is 35.4 Å². The van der Waals surface area contributed by atoms with Crippen LogP contribution in [0.4, 0.5) is 4.79 Å². The highest BCUT2D eigenvalue weighted by Gasteiger charge is 2.23. The van der Waals surface area contributed by atoms with Crippen LogP contribution in [0, 0.1) is 5.41 Å². The summed E-state index contributed by atoms with van der Waals surface area (Å²) in [6.45, 7) is 8.51. The van der Waals surface area contributed by atoms with Crippen molar-refractivity contribution in [3.63, 3.8) is 0 Å². The quantitative estimate of drug-likeness (QED) is 0.449. The van der Waals surface area contributed by atoms with E-state index in [0.717, 1.165) is 25.7 Å². The molecule has 0 saturated carbocycles. The third-order valence-corrected chi connectivity index (χ3v) is 3.62. The number of hydrogen-bond donors (Lipinski definition) is 0. The van der Waals surface area contributed by atoms with Gasteiger partial charge < -0.3 is 14.2 Å². The molecular weight excluding hydrogens is 320 g/mol. The molecule has 0 N–H and O–H groups in total. The molecule has 0 spiro atoms. The van der Waals surface area contributed by atoms with Crippen molar-refractivity contribution in [3.8, 4) is 0 Å². The lowest BCUT2D eigenvalue weighted by Gasteiger charge is -2.23. The molecule has 5 heteroatoms. The van der Waals surface area contributed by atoms with Crippen LogP contribution in [-0.4, -0.2) is 31.9 Å². The van der Waals surface area contributed by atoms with Crippen LogP contribution >= 0.6 is 0 Å². The molecule has 0 fully saturated rings. The molecule has 0 unspecified atom stereocenters. The van der Waals surface area contributed by atoms with Crippen LogP contribution in [0.1, 0.15) is 62.9 Å². The van der Waals surface area contributed by atoms with Gasteiger partial charge in [0.1, 0.15) is 6.61 Å². The molecule has 0 aliphatic rings. The van der Waals surface area contributed by atoms with E-state index in [-0.39, 0.29) is 19.2 Å². The zero-order valence-corrected chi connectivity index (χ0v) is 15.8. The second-order valence-corrected chi connectivity index (χ2v) is 6.93. The van der Waals surface area contributed by atoms with Crippen LogP contribution in [0.5, 0.6) is 0 Å². The van der Waals surface area contributed by atoms with Crippen LogP contribution in [0.2, 0.25) is 0 Å². The van der Waals surface area contributed by atoms with Gasteiger partial charge in [-0.15, -0.1) is 0 Å². The molecule has 0 atom stereocenters.